The van der Waals surface area contributed by atoms with Gasteiger partial charge >= 0.3 is 6.18 Å². The van der Waals surface area contributed by atoms with Gasteiger partial charge in [0, 0.05) is 37.9 Å². The van der Waals surface area contributed by atoms with Crippen molar-refractivity contribution in [1.82, 2.24) is 25.6 Å². The number of hydrogen-bond acceptors (Lipinski definition) is 5. The van der Waals surface area contributed by atoms with Crippen LogP contribution in [-0.2, 0) is 4.79 Å². The number of carbonyl (C=O) groups is 2. The highest BCUT2D eigenvalue weighted by Gasteiger charge is 2.33. The first-order chi connectivity index (χ1) is 12.8. The normalized spacial score (nSPS) is 17.9. The molecule has 2 aromatic rings. The maximum atomic E-state index is 12.3. The summed E-state index contributed by atoms with van der Waals surface area (Å²) in [6, 6.07) is 1.76. The zero-order valence-electron chi connectivity index (χ0n) is 14.5. The minimum atomic E-state index is -4.44. The fraction of sp³-hybridized carbons (Fsp3) is 0.438. The molecule has 27 heavy (non-hydrogen) atoms. The first-order valence-electron chi connectivity index (χ1n) is 8.32. The van der Waals surface area contributed by atoms with Gasteiger partial charge in [0.1, 0.15) is 12.2 Å². The fourth-order valence-electron chi connectivity index (χ4n) is 3.00. The molecule has 0 aliphatic carbocycles. The number of pyridine rings is 1. The number of aromatic nitrogens is 2. The molecule has 8 nitrogen and oxygen atoms in total. The second kappa shape index (κ2) is 7.43. The van der Waals surface area contributed by atoms with Crippen molar-refractivity contribution in [3.8, 4) is 0 Å². The van der Waals surface area contributed by atoms with Crippen LogP contribution in [0.25, 0.3) is 11.0 Å². The fourth-order valence-corrected chi connectivity index (χ4v) is 3.00. The van der Waals surface area contributed by atoms with Crippen molar-refractivity contribution in [2.24, 2.45) is 5.92 Å². The van der Waals surface area contributed by atoms with Gasteiger partial charge in [-0.2, -0.15) is 13.2 Å². The topological polar surface area (TPSA) is 102 Å². The van der Waals surface area contributed by atoms with Crippen LogP contribution < -0.4 is 16.1 Å². The molecule has 0 saturated carbocycles. The van der Waals surface area contributed by atoms with Crippen molar-refractivity contribution in [3.05, 3.63) is 24.0 Å². The third-order valence-corrected chi connectivity index (χ3v) is 4.35. The summed E-state index contributed by atoms with van der Waals surface area (Å²) < 4.78 is 36.8. The Morgan fingerprint density at radius 2 is 2.19 bits per heavy atom. The summed E-state index contributed by atoms with van der Waals surface area (Å²) in [7, 11) is 1.50. The Morgan fingerprint density at radius 1 is 1.41 bits per heavy atom. The number of hydrazine groups is 1. The first kappa shape index (κ1) is 19.0. The predicted octanol–water partition coefficient (Wildman–Crippen LogP) is 1.25. The molecular formula is C16H19F3N6O2. The average molecular weight is 384 g/mol. The molecule has 1 fully saturated rings. The molecule has 1 unspecified atom stereocenters. The third-order valence-electron chi connectivity index (χ3n) is 4.35. The smallest absolute Gasteiger partial charge is 0.355 e. The van der Waals surface area contributed by atoms with Gasteiger partial charge in [-0.15, -0.1) is 0 Å². The maximum absolute atomic E-state index is 12.3. The number of hydrogen-bond donors (Lipinski definition) is 4. The van der Waals surface area contributed by atoms with E-state index in [-0.39, 0.29) is 12.5 Å². The van der Waals surface area contributed by atoms with E-state index >= 15 is 0 Å². The highest BCUT2D eigenvalue weighted by Crippen LogP contribution is 2.28. The Kier molecular flexibility index (Phi) is 5.22. The number of halogens is 3. The van der Waals surface area contributed by atoms with Crippen LogP contribution in [0.5, 0.6) is 0 Å². The molecule has 1 aliphatic heterocycles. The lowest BCUT2D eigenvalue weighted by molar-refractivity contribution is -0.140. The van der Waals surface area contributed by atoms with E-state index < -0.39 is 24.5 Å². The summed E-state index contributed by atoms with van der Waals surface area (Å²) in [6.45, 7) is -0.665. The lowest BCUT2D eigenvalue weighted by Crippen LogP contribution is -2.39. The minimum Gasteiger partial charge on any atom is -0.355 e. The van der Waals surface area contributed by atoms with E-state index in [1.807, 2.05) is 5.32 Å². The van der Waals surface area contributed by atoms with Gasteiger partial charge in [0.2, 0.25) is 5.91 Å². The summed E-state index contributed by atoms with van der Waals surface area (Å²) in [5, 5.41) is 6.87. The number of amides is 2. The molecule has 0 bridgehead atoms. The lowest BCUT2D eigenvalue weighted by atomic mass is 10.1. The molecule has 0 aromatic carbocycles. The van der Waals surface area contributed by atoms with Crippen molar-refractivity contribution in [2.45, 2.75) is 12.6 Å². The highest BCUT2D eigenvalue weighted by atomic mass is 19.4. The van der Waals surface area contributed by atoms with Crippen LogP contribution in [0.2, 0.25) is 0 Å². The van der Waals surface area contributed by atoms with Gasteiger partial charge < -0.3 is 21.0 Å². The lowest BCUT2D eigenvalue weighted by Gasteiger charge is -2.21. The number of nitrogens with one attached hydrogen (secondary N) is 4. The SMILES string of the molecule is CNC(=O)c1cnc2[nH]ccc2c1NN1CCC(C(=O)NCC(F)(F)F)C1. The van der Waals surface area contributed by atoms with Crippen LogP contribution in [0, 0.1) is 5.92 Å². The highest BCUT2D eigenvalue weighted by molar-refractivity contribution is 6.06. The van der Waals surface area contributed by atoms with E-state index in [1.165, 1.54) is 13.2 Å². The van der Waals surface area contributed by atoms with Gasteiger partial charge in [0.25, 0.3) is 5.91 Å². The van der Waals surface area contributed by atoms with Crippen molar-refractivity contribution in [2.75, 3.05) is 32.1 Å². The molecular weight excluding hydrogens is 365 g/mol. The Labute approximate surface area is 152 Å². The summed E-state index contributed by atoms with van der Waals surface area (Å²) in [4.78, 5) is 31.2. The Hall–Kier alpha value is -2.82. The summed E-state index contributed by atoms with van der Waals surface area (Å²) in [6.07, 6.45) is -0.906. The first-order valence-corrected chi connectivity index (χ1v) is 8.32. The van der Waals surface area contributed by atoms with Gasteiger partial charge in [-0.05, 0) is 12.5 Å². The molecule has 1 atom stereocenters. The summed E-state index contributed by atoms with van der Waals surface area (Å²) in [5.41, 5.74) is 4.56. The van der Waals surface area contributed by atoms with E-state index in [0.29, 0.717) is 35.2 Å². The van der Waals surface area contributed by atoms with Gasteiger partial charge in [0.15, 0.2) is 0 Å². The van der Waals surface area contributed by atoms with Crippen molar-refractivity contribution in [3.63, 3.8) is 0 Å². The number of carbonyl (C=O) groups excluding carboxylic acids is 2. The summed E-state index contributed by atoms with van der Waals surface area (Å²) in [5.74, 6) is -1.52. The molecule has 0 spiro atoms. The molecule has 4 N–H and O–H groups in total. The molecule has 2 amide bonds. The van der Waals surface area contributed by atoms with E-state index in [4.69, 9.17) is 0 Å². The number of nitrogens with zero attached hydrogens (tertiary/aromatic N) is 2. The molecule has 3 rings (SSSR count). The number of aromatic amines is 1. The number of rotatable bonds is 5. The molecule has 2 aromatic heterocycles. The third kappa shape index (κ3) is 4.30. The van der Waals surface area contributed by atoms with Crippen LogP contribution in [0.4, 0.5) is 18.9 Å². The molecule has 0 radical (unpaired) electrons. The zero-order valence-corrected chi connectivity index (χ0v) is 14.5. The number of alkyl halides is 3. The van der Waals surface area contributed by atoms with E-state index in [1.54, 1.807) is 17.3 Å². The quantitative estimate of drug-likeness (QED) is 0.622. The van der Waals surface area contributed by atoms with Gasteiger partial charge in [-0.25, -0.2) is 9.99 Å². The van der Waals surface area contributed by atoms with Gasteiger partial charge in [0.05, 0.1) is 17.2 Å². The van der Waals surface area contributed by atoms with Crippen LogP contribution in [0.1, 0.15) is 16.8 Å². The van der Waals surface area contributed by atoms with Crippen molar-refractivity contribution < 1.29 is 22.8 Å². The minimum absolute atomic E-state index is 0.227. The summed E-state index contributed by atoms with van der Waals surface area (Å²) >= 11 is 0. The molecule has 1 saturated heterocycles. The van der Waals surface area contributed by atoms with Crippen LogP contribution >= 0.6 is 0 Å². The number of fused-ring (bicyclic) bond motifs is 1. The van der Waals surface area contributed by atoms with E-state index in [9.17, 15) is 22.8 Å². The zero-order chi connectivity index (χ0) is 19.6. The second-order valence-electron chi connectivity index (χ2n) is 6.24. The van der Waals surface area contributed by atoms with Crippen molar-refractivity contribution in [1.29, 1.82) is 0 Å². The Balaban J connectivity index is 1.72. The van der Waals surface area contributed by atoms with Gasteiger partial charge in [-0.1, -0.05) is 0 Å². The molecule has 1 aliphatic rings. The molecule has 3 heterocycles. The van der Waals surface area contributed by atoms with E-state index in [2.05, 4.69) is 20.7 Å². The molecule has 11 heteroatoms. The second-order valence-corrected chi connectivity index (χ2v) is 6.24. The van der Waals surface area contributed by atoms with Crippen LogP contribution in [0.3, 0.4) is 0 Å². The monoisotopic (exact) mass is 384 g/mol. The number of anilines is 1. The standard InChI is InChI=1S/C16H19F3N6O2/c1-20-15(27)11-6-22-13-10(2-4-21-13)12(11)24-25-5-3-9(7-25)14(26)23-8-16(17,18)19/h2,4,6,9H,3,5,7-8H2,1H3,(H,20,27)(H,23,26)(H2,21,22,24). The van der Waals surface area contributed by atoms with Crippen molar-refractivity contribution >= 4 is 28.5 Å². The Morgan fingerprint density at radius 3 is 2.89 bits per heavy atom. The Bertz CT molecular complexity index is 850. The maximum Gasteiger partial charge on any atom is 0.405 e. The van der Waals surface area contributed by atoms with Crippen LogP contribution in [0.15, 0.2) is 18.5 Å². The average Bonchev–Trinajstić information content (AvgIpc) is 3.28. The van der Waals surface area contributed by atoms with Crippen LogP contribution in [-0.4, -0.2) is 59.6 Å². The van der Waals surface area contributed by atoms with Gasteiger partial charge in [-0.3, -0.25) is 9.59 Å². The van der Waals surface area contributed by atoms with E-state index in [0.717, 1.165) is 0 Å². The largest absolute Gasteiger partial charge is 0.405 e. The number of H-pyrrole nitrogens is 1. The molecule has 146 valence electrons. The predicted molar refractivity (Wildman–Crippen MR) is 91.9 cm³/mol.